The summed E-state index contributed by atoms with van der Waals surface area (Å²) in [6.45, 7) is 2.51. The average molecular weight is 337 g/mol. The SMILES string of the molecule is COC(=O)C(C)CN(Cc1ccccc1)C(=O)/C=C/c1ccccc1. The van der Waals surface area contributed by atoms with Crippen LogP contribution in [0.5, 0.6) is 0 Å². The van der Waals surface area contributed by atoms with Gasteiger partial charge < -0.3 is 9.64 Å². The van der Waals surface area contributed by atoms with Gasteiger partial charge in [-0.25, -0.2) is 0 Å². The Hall–Kier alpha value is -2.88. The van der Waals surface area contributed by atoms with E-state index in [4.69, 9.17) is 4.74 Å². The maximum absolute atomic E-state index is 12.7. The van der Waals surface area contributed by atoms with Crippen molar-refractivity contribution in [1.29, 1.82) is 0 Å². The zero-order valence-corrected chi connectivity index (χ0v) is 14.6. The van der Waals surface area contributed by atoms with E-state index in [-0.39, 0.29) is 17.8 Å². The fourth-order valence-electron chi connectivity index (χ4n) is 2.48. The molecule has 0 aromatic heterocycles. The molecule has 0 aliphatic heterocycles. The average Bonchev–Trinajstić information content (AvgIpc) is 2.66. The van der Waals surface area contributed by atoms with Crippen molar-refractivity contribution >= 4 is 18.0 Å². The molecule has 0 N–H and O–H groups in total. The summed E-state index contributed by atoms with van der Waals surface area (Å²) in [7, 11) is 1.36. The molecule has 0 saturated carbocycles. The molecule has 1 atom stereocenters. The predicted molar refractivity (Wildman–Crippen MR) is 98.5 cm³/mol. The lowest BCUT2D eigenvalue weighted by molar-refractivity contribution is -0.146. The Labute approximate surface area is 148 Å². The predicted octanol–water partition coefficient (Wildman–Crippen LogP) is 3.54. The zero-order valence-electron chi connectivity index (χ0n) is 14.6. The summed E-state index contributed by atoms with van der Waals surface area (Å²) in [5, 5.41) is 0. The van der Waals surface area contributed by atoms with Crippen LogP contribution in [0.15, 0.2) is 66.7 Å². The number of hydrogen-bond donors (Lipinski definition) is 0. The van der Waals surface area contributed by atoms with Gasteiger partial charge in [0.25, 0.3) is 0 Å². The lowest BCUT2D eigenvalue weighted by atomic mass is 10.1. The van der Waals surface area contributed by atoms with Crippen molar-refractivity contribution in [1.82, 2.24) is 4.90 Å². The number of carbonyl (C=O) groups is 2. The van der Waals surface area contributed by atoms with Crippen LogP contribution in [0.4, 0.5) is 0 Å². The Balaban J connectivity index is 2.13. The van der Waals surface area contributed by atoms with E-state index in [1.807, 2.05) is 60.7 Å². The van der Waals surface area contributed by atoms with Crippen LogP contribution >= 0.6 is 0 Å². The highest BCUT2D eigenvalue weighted by Crippen LogP contribution is 2.11. The summed E-state index contributed by atoms with van der Waals surface area (Å²) >= 11 is 0. The van der Waals surface area contributed by atoms with Gasteiger partial charge in [0.05, 0.1) is 13.0 Å². The van der Waals surface area contributed by atoms with Gasteiger partial charge in [0.15, 0.2) is 0 Å². The Kier molecular flexibility index (Phi) is 6.96. The maximum atomic E-state index is 12.7. The molecule has 0 heterocycles. The molecule has 0 bridgehead atoms. The minimum Gasteiger partial charge on any atom is -0.469 e. The molecule has 0 radical (unpaired) electrons. The number of nitrogens with zero attached hydrogens (tertiary/aromatic N) is 1. The number of carbonyl (C=O) groups excluding carboxylic acids is 2. The number of rotatable bonds is 7. The van der Waals surface area contributed by atoms with Crippen LogP contribution in [-0.2, 0) is 20.9 Å². The first-order valence-corrected chi connectivity index (χ1v) is 8.24. The number of esters is 1. The van der Waals surface area contributed by atoms with Crippen LogP contribution in [0.25, 0.3) is 6.08 Å². The molecular weight excluding hydrogens is 314 g/mol. The largest absolute Gasteiger partial charge is 0.469 e. The summed E-state index contributed by atoms with van der Waals surface area (Å²) in [6, 6.07) is 19.4. The molecule has 0 aliphatic carbocycles. The Bertz CT molecular complexity index is 710. The molecule has 2 aromatic rings. The Morgan fingerprint density at radius 2 is 1.64 bits per heavy atom. The van der Waals surface area contributed by atoms with E-state index >= 15 is 0 Å². The first kappa shape index (κ1) is 18.5. The summed E-state index contributed by atoms with van der Waals surface area (Å²) < 4.78 is 4.78. The Morgan fingerprint density at radius 1 is 1.04 bits per heavy atom. The van der Waals surface area contributed by atoms with Crippen LogP contribution < -0.4 is 0 Å². The van der Waals surface area contributed by atoms with Crippen LogP contribution in [-0.4, -0.2) is 30.4 Å². The van der Waals surface area contributed by atoms with Crippen molar-refractivity contribution in [3.05, 3.63) is 77.9 Å². The summed E-state index contributed by atoms with van der Waals surface area (Å²) in [5.74, 6) is -0.843. The van der Waals surface area contributed by atoms with Crippen molar-refractivity contribution in [2.75, 3.05) is 13.7 Å². The highest BCUT2D eigenvalue weighted by Gasteiger charge is 2.20. The third-order valence-corrected chi connectivity index (χ3v) is 3.84. The third-order valence-electron chi connectivity index (χ3n) is 3.84. The van der Waals surface area contributed by atoms with Gasteiger partial charge in [-0.2, -0.15) is 0 Å². The molecular formula is C21H23NO3. The summed E-state index contributed by atoms with van der Waals surface area (Å²) in [4.78, 5) is 26.0. The molecule has 25 heavy (non-hydrogen) atoms. The highest BCUT2D eigenvalue weighted by molar-refractivity contribution is 5.92. The monoisotopic (exact) mass is 337 g/mol. The smallest absolute Gasteiger partial charge is 0.310 e. The quantitative estimate of drug-likeness (QED) is 0.573. The number of amides is 1. The minimum atomic E-state index is -0.386. The molecule has 0 aliphatic rings. The standard InChI is InChI=1S/C21H23NO3/c1-17(21(24)25-2)15-22(16-19-11-7-4-8-12-19)20(23)14-13-18-9-5-3-6-10-18/h3-14,17H,15-16H2,1-2H3/b14-13+. The van der Waals surface area contributed by atoms with E-state index in [0.29, 0.717) is 13.1 Å². The van der Waals surface area contributed by atoms with Gasteiger partial charge in [-0.15, -0.1) is 0 Å². The topological polar surface area (TPSA) is 46.6 Å². The minimum absolute atomic E-state index is 0.136. The zero-order chi connectivity index (χ0) is 18.1. The highest BCUT2D eigenvalue weighted by atomic mass is 16.5. The van der Waals surface area contributed by atoms with Crippen molar-refractivity contribution in [2.45, 2.75) is 13.5 Å². The molecule has 130 valence electrons. The van der Waals surface area contributed by atoms with E-state index in [1.54, 1.807) is 24.0 Å². The summed E-state index contributed by atoms with van der Waals surface area (Å²) in [5.41, 5.74) is 1.97. The molecule has 4 nitrogen and oxygen atoms in total. The van der Waals surface area contributed by atoms with Crippen LogP contribution in [0, 0.1) is 5.92 Å². The molecule has 0 fully saturated rings. The molecule has 2 rings (SSSR count). The third kappa shape index (κ3) is 5.92. The lowest BCUT2D eigenvalue weighted by Gasteiger charge is -2.24. The molecule has 1 unspecified atom stereocenters. The second-order valence-electron chi connectivity index (χ2n) is 5.87. The van der Waals surface area contributed by atoms with Gasteiger partial charge >= 0.3 is 5.97 Å². The normalized spacial score (nSPS) is 11.9. The second kappa shape index (κ2) is 9.42. The summed E-state index contributed by atoms with van der Waals surface area (Å²) in [6.07, 6.45) is 3.32. The number of ether oxygens (including phenoxy) is 1. The Morgan fingerprint density at radius 3 is 2.24 bits per heavy atom. The van der Waals surface area contributed by atoms with Gasteiger partial charge in [0.1, 0.15) is 0 Å². The number of hydrogen-bond acceptors (Lipinski definition) is 3. The van der Waals surface area contributed by atoms with Gasteiger partial charge in [-0.05, 0) is 17.2 Å². The van der Waals surface area contributed by atoms with E-state index in [9.17, 15) is 9.59 Å². The molecule has 0 saturated heterocycles. The van der Waals surface area contributed by atoms with E-state index < -0.39 is 0 Å². The fourth-order valence-corrected chi connectivity index (χ4v) is 2.48. The molecule has 2 aromatic carbocycles. The van der Waals surface area contributed by atoms with Gasteiger partial charge in [-0.3, -0.25) is 9.59 Å². The van der Waals surface area contributed by atoms with Crippen molar-refractivity contribution in [2.24, 2.45) is 5.92 Å². The van der Waals surface area contributed by atoms with Gasteiger partial charge in [0, 0.05) is 19.2 Å². The van der Waals surface area contributed by atoms with Crippen molar-refractivity contribution in [3.63, 3.8) is 0 Å². The van der Waals surface area contributed by atoms with E-state index in [0.717, 1.165) is 11.1 Å². The van der Waals surface area contributed by atoms with Crippen molar-refractivity contribution < 1.29 is 14.3 Å². The maximum Gasteiger partial charge on any atom is 0.310 e. The van der Waals surface area contributed by atoms with Crippen LogP contribution in [0.1, 0.15) is 18.1 Å². The first-order valence-electron chi connectivity index (χ1n) is 8.24. The van der Waals surface area contributed by atoms with Gasteiger partial charge in [-0.1, -0.05) is 67.6 Å². The fraction of sp³-hybridized carbons (Fsp3) is 0.238. The lowest BCUT2D eigenvalue weighted by Crippen LogP contribution is -2.35. The van der Waals surface area contributed by atoms with Crippen molar-refractivity contribution in [3.8, 4) is 0 Å². The van der Waals surface area contributed by atoms with E-state index in [1.165, 1.54) is 7.11 Å². The second-order valence-corrected chi connectivity index (χ2v) is 5.87. The molecule has 4 heteroatoms. The van der Waals surface area contributed by atoms with Crippen LogP contribution in [0.3, 0.4) is 0 Å². The molecule has 0 spiro atoms. The van der Waals surface area contributed by atoms with Crippen LogP contribution in [0.2, 0.25) is 0 Å². The van der Waals surface area contributed by atoms with Gasteiger partial charge in [0.2, 0.25) is 5.91 Å². The number of methoxy groups -OCH3 is 1. The first-order chi connectivity index (χ1) is 12.1. The number of benzene rings is 2. The van der Waals surface area contributed by atoms with E-state index in [2.05, 4.69) is 0 Å². The molecule has 1 amide bonds.